The van der Waals surface area contributed by atoms with Gasteiger partial charge in [0.1, 0.15) is 6.04 Å². The van der Waals surface area contributed by atoms with Crippen molar-refractivity contribution in [1.82, 2.24) is 0 Å². The summed E-state index contributed by atoms with van der Waals surface area (Å²) in [5.74, 6) is 7.90. The third kappa shape index (κ3) is 3.54. The van der Waals surface area contributed by atoms with E-state index < -0.39 is 0 Å². The fourth-order valence-corrected chi connectivity index (χ4v) is 4.33. The van der Waals surface area contributed by atoms with Gasteiger partial charge < -0.3 is 4.90 Å². The highest BCUT2D eigenvalue weighted by Gasteiger charge is 2.31. The Morgan fingerprint density at radius 3 is 2.37 bits per heavy atom. The summed E-state index contributed by atoms with van der Waals surface area (Å²) in [6.07, 6.45) is 0. The molecule has 3 aromatic carbocycles. The maximum atomic E-state index is 5.05. The average molecular weight is 405 g/mol. The first-order valence-electron chi connectivity index (χ1n) is 9.93. The largest absolute Gasteiger partial charge is 0.307 e. The van der Waals surface area contributed by atoms with Crippen molar-refractivity contribution in [1.29, 1.82) is 0 Å². The number of nitrogens with zero attached hydrogens (tertiary/aromatic N) is 2. The second-order valence-corrected chi connectivity index (χ2v) is 8.16. The van der Waals surface area contributed by atoms with Crippen LogP contribution < -0.4 is 4.90 Å². The van der Waals surface area contributed by atoms with Gasteiger partial charge in [0, 0.05) is 16.8 Å². The van der Waals surface area contributed by atoms with Crippen LogP contribution in [0.1, 0.15) is 27.6 Å². The molecule has 0 bridgehead atoms. The summed E-state index contributed by atoms with van der Waals surface area (Å²) in [5, 5.41) is 2.09. The van der Waals surface area contributed by atoms with E-state index in [9.17, 15) is 0 Å². The minimum Gasteiger partial charge on any atom is -0.307 e. The molecule has 4 aromatic rings. The summed E-state index contributed by atoms with van der Waals surface area (Å²) in [4.78, 5) is 8.44. The minimum atomic E-state index is -0.125. The average Bonchev–Trinajstić information content (AvgIpc) is 3.33. The topological polar surface area (TPSA) is 15.6 Å². The molecule has 2 nitrogen and oxygen atoms in total. The van der Waals surface area contributed by atoms with Crippen LogP contribution in [0.15, 0.2) is 101 Å². The van der Waals surface area contributed by atoms with Crippen LogP contribution in [-0.4, -0.2) is 5.84 Å². The molecular formula is C27H20N2S. The van der Waals surface area contributed by atoms with Crippen molar-refractivity contribution in [3.05, 3.63) is 118 Å². The summed E-state index contributed by atoms with van der Waals surface area (Å²) in [7, 11) is 0. The Bertz CT molecular complexity index is 1240. The van der Waals surface area contributed by atoms with E-state index in [2.05, 4.69) is 108 Å². The van der Waals surface area contributed by atoms with E-state index in [1.165, 1.54) is 5.56 Å². The number of thiophene rings is 1. The number of aryl methyl sites for hydroxylation is 1. The van der Waals surface area contributed by atoms with Crippen LogP contribution in [0.3, 0.4) is 0 Å². The zero-order valence-electron chi connectivity index (χ0n) is 16.6. The van der Waals surface area contributed by atoms with Crippen LogP contribution in [0.25, 0.3) is 0 Å². The zero-order chi connectivity index (χ0) is 20.3. The van der Waals surface area contributed by atoms with Crippen molar-refractivity contribution in [2.45, 2.75) is 13.0 Å². The Balaban J connectivity index is 1.69. The van der Waals surface area contributed by atoms with E-state index in [0.717, 1.165) is 33.2 Å². The lowest BCUT2D eigenvalue weighted by molar-refractivity contribution is 0.884. The van der Waals surface area contributed by atoms with Crippen LogP contribution >= 0.6 is 11.3 Å². The molecule has 1 aliphatic heterocycles. The fraction of sp³-hybridized carbons (Fsp3) is 0.0741. The number of aliphatic imine (C=N–C) groups is 1. The molecule has 0 saturated carbocycles. The summed E-state index contributed by atoms with van der Waals surface area (Å²) in [5.41, 5.74) is 5.45. The third-order valence-electron chi connectivity index (χ3n) is 5.12. The maximum absolute atomic E-state index is 5.05. The molecule has 0 saturated heterocycles. The predicted octanol–water partition coefficient (Wildman–Crippen LogP) is 6.75. The number of fused-ring (bicyclic) bond motifs is 1. The summed E-state index contributed by atoms with van der Waals surface area (Å²) in [6.45, 7) is 2.09. The molecule has 0 radical (unpaired) electrons. The van der Waals surface area contributed by atoms with Gasteiger partial charge in [-0.1, -0.05) is 72.0 Å². The van der Waals surface area contributed by atoms with E-state index in [-0.39, 0.29) is 6.04 Å². The van der Waals surface area contributed by atoms with Crippen molar-refractivity contribution in [3.8, 4) is 11.8 Å². The van der Waals surface area contributed by atoms with E-state index in [1.807, 2.05) is 12.1 Å². The normalized spacial score (nSPS) is 15.0. The molecule has 1 atom stereocenters. The highest BCUT2D eigenvalue weighted by molar-refractivity contribution is 7.12. The smallest absolute Gasteiger partial charge is 0.152 e. The van der Waals surface area contributed by atoms with Crippen molar-refractivity contribution in [2.24, 2.45) is 4.99 Å². The molecule has 144 valence electrons. The number of rotatable bonds is 2. The standard InChI is InChI=1S/C27H20N2S/c1-20-13-15-21(16-14-20)17-18-25-23-10-5-6-11-24(23)28-27(26-12-7-19-30-26)29(25)22-8-3-2-4-9-22/h2-16,19,25H,1H3. The second-order valence-electron chi connectivity index (χ2n) is 7.21. The highest BCUT2D eigenvalue weighted by atomic mass is 32.1. The number of para-hydroxylation sites is 2. The van der Waals surface area contributed by atoms with Crippen LogP contribution in [-0.2, 0) is 0 Å². The van der Waals surface area contributed by atoms with Crippen molar-refractivity contribution in [3.63, 3.8) is 0 Å². The Morgan fingerprint density at radius 1 is 0.833 bits per heavy atom. The van der Waals surface area contributed by atoms with Crippen LogP contribution in [0, 0.1) is 18.8 Å². The minimum absolute atomic E-state index is 0.125. The van der Waals surface area contributed by atoms with Gasteiger partial charge >= 0.3 is 0 Å². The van der Waals surface area contributed by atoms with Crippen LogP contribution in [0.2, 0.25) is 0 Å². The molecule has 3 heteroatoms. The van der Waals surface area contributed by atoms with Gasteiger partial charge in [0.2, 0.25) is 0 Å². The monoisotopic (exact) mass is 404 g/mol. The molecule has 1 aromatic heterocycles. The summed E-state index contributed by atoms with van der Waals surface area (Å²) in [6, 6.07) is 31.2. The van der Waals surface area contributed by atoms with Gasteiger partial charge in [0.15, 0.2) is 5.84 Å². The highest BCUT2D eigenvalue weighted by Crippen LogP contribution is 2.39. The lowest BCUT2D eigenvalue weighted by atomic mass is 9.99. The van der Waals surface area contributed by atoms with Gasteiger partial charge in [-0.2, -0.15) is 0 Å². The number of hydrogen-bond acceptors (Lipinski definition) is 3. The zero-order valence-corrected chi connectivity index (χ0v) is 17.4. The number of amidine groups is 1. The molecule has 30 heavy (non-hydrogen) atoms. The van der Waals surface area contributed by atoms with Gasteiger partial charge in [0.05, 0.1) is 10.6 Å². The third-order valence-corrected chi connectivity index (χ3v) is 5.99. The Hall–Kier alpha value is -3.61. The van der Waals surface area contributed by atoms with E-state index in [0.29, 0.717) is 0 Å². The van der Waals surface area contributed by atoms with Crippen molar-refractivity contribution >= 4 is 28.5 Å². The first-order valence-corrected chi connectivity index (χ1v) is 10.8. The molecule has 0 N–H and O–H groups in total. The molecule has 0 spiro atoms. The molecule has 0 aliphatic carbocycles. The molecule has 5 rings (SSSR count). The SMILES string of the molecule is Cc1ccc(C#CC2c3ccccc3N=C(c3cccs3)N2c2ccccc2)cc1. The molecule has 1 unspecified atom stereocenters. The lowest BCUT2D eigenvalue weighted by Gasteiger charge is -2.35. The van der Waals surface area contributed by atoms with Gasteiger partial charge in [-0.15, -0.1) is 11.3 Å². The van der Waals surface area contributed by atoms with E-state index in [1.54, 1.807) is 11.3 Å². The summed E-state index contributed by atoms with van der Waals surface area (Å²) < 4.78 is 0. The number of benzene rings is 3. The van der Waals surface area contributed by atoms with E-state index >= 15 is 0 Å². The van der Waals surface area contributed by atoms with Gasteiger partial charge in [-0.05, 0) is 48.7 Å². The number of anilines is 1. The van der Waals surface area contributed by atoms with Gasteiger partial charge in [-0.3, -0.25) is 0 Å². The summed E-state index contributed by atoms with van der Waals surface area (Å²) >= 11 is 1.70. The maximum Gasteiger partial charge on any atom is 0.152 e. The molecule has 1 aliphatic rings. The first kappa shape index (κ1) is 18.4. The predicted molar refractivity (Wildman–Crippen MR) is 127 cm³/mol. The Kier molecular flexibility index (Phi) is 4.93. The molecule has 0 amide bonds. The second kappa shape index (κ2) is 8.02. The van der Waals surface area contributed by atoms with Gasteiger partial charge in [0.25, 0.3) is 0 Å². The molecule has 2 heterocycles. The van der Waals surface area contributed by atoms with Gasteiger partial charge in [-0.25, -0.2) is 4.99 Å². The lowest BCUT2D eigenvalue weighted by Crippen LogP contribution is -2.37. The Morgan fingerprint density at radius 2 is 1.60 bits per heavy atom. The molecule has 0 fully saturated rings. The van der Waals surface area contributed by atoms with Crippen LogP contribution in [0.4, 0.5) is 11.4 Å². The van der Waals surface area contributed by atoms with Crippen molar-refractivity contribution < 1.29 is 0 Å². The Labute approximate surface area is 181 Å². The van der Waals surface area contributed by atoms with Crippen molar-refractivity contribution in [2.75, 3.05) is 4.90 Å². The fourth-order valence-electron chi connectivity index (χ4n) is 3.62. The molecular weight excluding hydrogens is 384 g/mol. The quantitative estimate of drug-likeness (QED) is 0.338. The number of hydrogen-bond donors (Lipinski definition) is 0. The van der Waals surface area contributed by atoms with Crippen LogP contribution in [0.5, 0.6) is 0 Å². The van der Waals surface area contributed by atoms with E-state index in [4.69, 9.17) is 4.99 Å². The first-order chi connectivity index (χ1) is 14.8.